The largest absolute Gasteiger partial charge is 0.293 e. The smallest absolute Gasteiger partial charge is 0.214 e. The summed E-state index contributed by atoms with van der Waals surface area (Å²) in [7, 11) is 0. The molecule has 5 nitrogen and oxygen atoms in total. The third-order valence-corrected chi connectivity index (χ3v) is 4.95. The number of nitrogens with zero attached hydrogens (tertiary/aromatic N) is 4. The molecule has 0 N–H and O–H groups in total. The molecule has 0 saturated carbocycles. The van der Waals surface area contributed by atoms with Crippen LogP contribution < -0.4 is 0 Å². The Bertz CT molecular complexity index is 880. The number of ketones is 1. The quantitative estimate of drug-likeness (QED) is 0.490. The van der Waals surface area contributed by atoms with Gasteiger partial charge in [-0.15, -0.1) is 5.10 Å². The predicted octanol–water partition coefficient (Wildman–Crippen LogP) is 4.25. The van der Waals surface area contributed by atoms with Crippen molar-refractivity contribution in [3.8, 4) is 5.69 Å². The van der Waals surface area contributed by atoms with Gasteiger partial charge in [0.2, 0.25) is 5.16 Å². The summed E-state index contributed by atoms with van der Waals surface area (Å²) in [5.74, 6) is 0.126. The number of hydrogen-bond acceptors (Lipinski definition) is 5. The normalized spacial score (nSPS) is 10.8. The Morgan fingerprint density at radius 1 is 1.12 bits per heavy atom. The molecule has 0 saturated heterocycles. The predicted molar refractivity (Wildman–Crippen MR) is 95.4 cm³/mol. The van der Waals surface area contributed by atoms with Gasteiger partial charge in [-0.2, -0.15) is 4.68 Å². The molecule has 0 amide bonds. The SMILES string of the molecule is Cc1ccc(-n2nnnc2SCC(=O)c2ccc(Cl)c(Cl)c2)cc1. The molecule has 3 aromatic rings. The van der Waals surface area contributed by atoms with E-state index < -0.39 is 0 Å². The molecule has 0 aliphatic carbocycles. The topological polar surface area (TPSA) is 60.7 Å². The maximum atomic E-state index is 12.3. The van der Waals surface area contributed by atoms with Crippen molar-refractivity contribution in [2.24, 2.45) is 0 Å². The fourth-order valence-electron chi connectivity index (χ4n) is 2.00. The number of aryl methyl sites for hydroxylation is 1. The van der Waals surface area contributed by atoms with Gasteiger partial charge in [0.25, 0.3) is 0 Å². The Morgan fingerprint density at radius 2 is 1.88 bits per heavy atom. The Hall–Kier alpha value is -1.89. The van der Waals surface area contributed by atoms with Crippen LogP contribution in [0.3, 0.4) is 0 Å². The van der Waals surface area contributed by atoms with Crippen LogP contribution >= 0.6 is 35.0 Å². The third-order valence-electron chi connectivity index (χ3n) is 3.29. The van der Waals surface area contributed by atoms with Crippen LogP contribution in [0.1, 0.15) is 15.9 Å². The molecule has 0 bridgehead atoms. The van der Waals surface area contributed by atoms with Crippen LogP contribution in [0.25, 0.3) is 5.69 Å². The van der Waals surface area contributed by atoms with Crippen LogP contribution in [0.15, 0.2) is 47.6 Å². The molecule has 0 atom stereocenters. The van der Waals surface area contributed by atoms with E-state index in [2.05, 4.69) is 15.5 Å². The molecule has 24 heavy (non-hydrogen) atoms. The standard InChI is InChI=1S/C16H12Cl2N4OS/c1-10-2-5-12(6-3-10)22-16(19-20-21-22)24-9-15(23)11-4-7-13(17)14(18)8-11/h2-8H,9H2,1H3. The second-order valence-corrected chi connectivity index (χ2v) is 6.81. The molecule has 0 fully saturated rings. The highest BCUT2D eigenvalue weighted by atomic mass is 35.5. The van der Waals surface area contributed by atoms with Crippen LogP contribution in [-0.4, -0.2) is 31.7 Å². The van der Waals surface area contributed by atoms with Gasteiger partial charge in [0.15, 0.2) is 5.78 Å². The van der Waals surface area contributed by atoms with Crippen molar-refractivity contribution in [1.29, 1.82) is 0 Å². The fourth-order valence-corrected chi connectivity index (χ4v) is 3.08. The molecule has 1 heterocycles. The number of carbonyl (C=O) groups excluding carboxylic acids is 1. The first kappa shape index (κ1) is 17.0. The van der Waals surface area contributed by atoms with Crippen LogP contribution in [-0.2, 0) is 0 Å². The number of benzene rings is 2. The maximum Gasteiger partial charge on any atom is 0.214 e. The van der Waals surface area contributed by atoms with Crippen molar-refractivity contribution in [2.45, 2.75) is 12.1 Å². The Balaban J connectivity index is 1.73. The highest BCUT2D eigenvalue weighted by Gasteiger charge is 2.13. The van der Waals surface area contributed by atoms with E-state index in [1.807, 2.05) is 31.2 Å². The van der Waals surface area contributed by atoms with Crippen LogP contribution in [0.2, 0.25) is 10.0 Å². The van der Waals surface area contributed by atoms with Crippen molar-refractivity contribution in [2.75, 3.05) is 5.75 Å². The molecule has 8 heteroatoms. The maximum absolute atomic E-state index is 12.3. The lowest BCUT2D eigenvalue weighted by Gasteiger charge is -2.05. The third kappa shape index (κ3) is 3.77. The Morgan fingerprint density at radius 3 is 2.58 bits per heavy atom. The van der Waals surface area contributed by atoms with Crippen molar-refractivity contribution >= 4 is 40.7 Å². The van der Waals surface area contributed by atoms with Gasteiger partial charge in [-0.3, -0.25) is 4.79 Å². The van der Waals surface area contributed by atoms with Gasteiger partial charge in [-0.1, -0.05) is 52.7 Å². The van der Waals surface area contributed by atoms with Gasteiger partial charge in [-0.25, -0.2) is 0 Å². The minimum Gasteiger partial charge on any atom is -0.293 e. The van der Waals surface area contributed by atoms with Crippen molar-refractivity contribution in [1.82, 2.24) is 20.2 Å². The number of halogens is 2. The average Bonchev–Trinajstić information content (AvgIpc) is 3.04. The van der Waals surface area contributed by atoms with E-state index in [9.17, 15) is 4.79 Å². The number of tetrazole rings is 1. The molecule has 0 aliphatic heterocycles. The Labute approximate surface area is 153 Å². The van der Waals surface area contributed by atoms with Crippen molar-refractivity contribution in [3.63, 3.8) is 0 Å². The lowest BCUT2D eigenvalue weighted by molar-refractivity contribution is 0.102. The first-order valence-corrected chi connectivity index (χ1v) is 8.75. The van der Waals surface area contributed by atoms with Gasteiger partial charge in [-0.05, 0) is 47.7 Å². The van der Waals surface area contributed by atoms with E-state index >= 15 is 0 Å². The molecular weight excluding hydrogens is 367 g/mol. The first-order valence-electron chi connectivity index (χ1n) is 7.01. The van der Waals surface area contributed by atoms with E-state index in [0.29, 0.717) is 20.8 Å². The molecule has 0 unspecified atom stereocenters. The lowest BCUT2D eigenvalue weighted by atomic mass is 10.1. The summed E-state index contributed by atoms with van der Waals surface area (Å²) >= 11 is 13.1. The van der Waals surface area contributed by atoms with Gasteiger partial charge in [0.1, 0.15) is 0 Å². The number of carbonyl (C=O) groups is 1. The zero-order valence-corrected chi connectivity index (χ0v) is 14.9. The summed E-state index contributed by atoms with van der Waals surface area (Å²) in [6.07, 6.45) is 0. The zero-order chi connectivity index (χ0) is 17.1. The van der Waals surface area contributed by atoms with E-state index in [1.54, 1.807) is 22.9 Å². The van der Waals surface area contributed by atoms with Gasteiger partial charge < -0.3 is 0 Å². The molecule has 2 aromatic carbocycles. The number of Topliss-reactive ketones (excluding diaryl/α,β-unsaturated/α-hetero) is 1. The molecule has 0 spiro atoms. The van der Waals surface area contributed by atoms with Crippen molar-refractivity contribution in [3.05, 3.63) is 63.6 Å². The summed E-state index contributed by atoms with van der Waals surface area (Å²) < 4.78 is 1.60. The second-order valence-electron chi connectivity index (χ2n) is 5.05. The van der Waals surface area contributed by atoms with E-state index in [1.165, 1.54) is 11.8 Å². The fraction of sp³-hybridized carbons (Fsp3) is 0.125. The monoisotopic (exact) mass is 378 g/mol. The van der Waals surface area contributed by atoms with Gasteiger partial charge >= 0.3 is 0 Å². The summed E-state index contributed by atoms with van der Waals surface area (Å²) in [4.78, 5) is 12.3. The minimum atomic E-state index is -0.0722. The number of rotatable bonds is 5. The highest BCUT2D eigenvalue weighted by Crippen LogP contribution is 2.24. The summed E-state index contributed by atoms with van der Waals surface area (Å²) in [6.45, 7) is 2.01. The van der Waals surface area contributed by atoms with Gasteiger partial charge in [0.05, 0.1) is 21.5 Å². The van der Waals surface area contributed by atoms with Crippen LogP contribution in [0, 0.1) is 6.92 Å². The van der Waals surface area contributed by atoms with Gasteiger partial charge in [0, 0.05) is 5.56 Å². The minimum absolute atomic E-state index is 0.0722. The lowest BCUT2D eigenvalue weighted by Crippen LogP contribution is -2.05. The number of aromatic nitrogens is 4. The van der Waals surface area contributed by atoms with Crippen molar-refractivity contribution < 1.29 is 4.79 Å². The van der Waals surface area contributed by atoms with E-state index in [0.717, 1.165) is 11.3 Å². The average molecular weight is 379 g/mol. The molecular formula is C16H12Cl2N4OS. The van der Waals surface area contributed by atoms with E-state index in [-0.39, 0.29) is 11.5 Å². The summed E-state index contributed by atoms with van der Waals surface area (Å²) in [5, 5.41) is 13.0. The highest BCUT2D eigenvalue weighted by molar-refractivity contribution is 7.99. The first-order chi connectivity index (χ1) is 11.5. The molecule has 3 rings (SSSR count). The summed E-state index contributed by atoms with van der Waals surface area (Å²) in [6, 6.07) is 12.6. The Kier molecular flexibility index (Phi) is 5.18. The number of thioether (sulfide) groups is 1. The summed E-state index contributed by atoms with van der Waals surface area (Å²) in [5.41, 5.74) is 2.50. The van der Waals surface area contributed by atoms with Crippen LogP contribution in [0.4, 0.5) is 0 Å². The molecule has 1 aromatic heterocycles. The number of hydrogen-bond donors (Lipinski definition) is 0. The molecule has 0 aliphatic rings. The second kappa shape index (κ2) is 7.34. The zero-order valence-electron chi connectivity index (χ0n) is 12.6. The van der Waals surface area contributed by atoms with Crippen LogP contribution in [0.5, 0.6) is 0 Å². The van der Waals surface area contributed by atoms with E-state index in [4.69, 9.17) is 23.2 Å². The molecule has 0 radical (unpaired) electrons. The molecule has 122 valence electrons.